The molecule has 0 aliphatic rings. The van der Waals surface area contributed by atoms with Gasteiger partial charge in [-0.05, 0) is 17.7 Å². The van der Waals surface area contributed by atoms with E-state index in [-0.39, 0.29) is 17.4 Å². The van der Waals surface area contributed by atoms with Crippen LogP contribution < -0.4 is 0 Å². The Morgan fingerprint density at radius 2 is 2.12 bits per heavy atom. The molecule has 17 heavy (non-hydrogen) atoms. The fourth-order valence-corrected chi connectivity index (χ4v) is 1.27. The Labute approximate surface area is 95.7 Å². The summed E-state index contributed by atoms with van der Waals surface area (Å²) < 4.78 is 0. The second-order valence-corrected chi connectivity index (χ2v) is 3.21. The molecule has 88 valence electrons. The van der Waals surface area contributed by atoms with E-state index in [0.29, 0.717) is 0 Å². The van der Waals surface area contributed by atoms with E-state index in [4.69, 9.17) is 10.4 Å². The van der Waals surface area contributed by atoms with Crippen molar-refractivity contribution in [1.82, 2.24) is 0 Å². The average molecular weight is 236 g/mol. The van der Waals surface area contributed by atoms with Crippen molar-refractivity contribution in [1.29, 1.82) is 5.26 Å². The number of carbonyl (C=O) groups excluding carboxylic acids is 1. The van der Waals surface area contributed by atoms with Gasteiger partial charge in [0.2, 0.25) is 0 Å². The molecule has 2 atom stereocenters. The molecule has 2 unspecified atom stereocenters. The highest BCUT2D eigenvalue weighted by Crippen LogP contribution is 2.23. The summed E-state index contributed by atoms with van der Waals surface area (Å²) in [6, 6.07) is 4.70. The second-order valence-electron chi connectivity index (χ2n) is 3.21. The lowest BCUT2D eigenvalue weighted by molar-refractivity contribution is -0.385. The van der Waals surface area contributed by atoms with Crippen LogP contribution in [0.2, 0.25) is 0 Å². The Kier molecular flexibility index (Phi) is 3.87. The van der Waals surface area contributed by atoms with E-state index in [1.54, 1.807) is 0 Å². The van der Waals surface area contributed by atoms with Gasteiger partial charge in [0, 0.05) is 6.07 Å². The van der Waals surface area contributed by atoms with Gasteiger partial charge in [-0.1, -0.05) is 0 Å². The van der Waals surface area contributed by atoms with Crippen LogP contribution in [0, 0.1) is 21.4 Å². The lowest BCUT2D eigenvalue weighted by Crippen LogP contribution is -2.16. The number of nitro groups is 1. The molecule has 2 N–H and O–H groups in total. The van der Waals surface area contributed by atoms with Crippen LogP contribution >= 0.6 is 0 Å². The molecule has 0 aliphatic carbocycles. The van der Waals surface area contributed by atoms with Crippen LogP contribution in [-0.2, 0) is 0 Å². The van der Waals surface area contributed by atoms with Gasteiger partial charge in [0.25, 0.3) is 5.69 Å². The van der Waals surface area contributed by atoms with E-state index in [9.17, 15) is 20.0 Å². The minimum atomic E-state index is -1.66. The van der Waals surface area contributed by atoms with E-state index in [0.717, 1.165) is 12.1 Å². The molecule has 0 aliphatic heterocycles. The third-order valence-electron chi connectivity index (χ3n) is 2.15. The molecular weight excluding hydrogens is 228 g/mol. The third kappa shape index (κ3) is 2.63. The van der Waals surface area contributed by atoms with Crippen LogP contribution in [0.25, 0.3) is 0 Å². The smallest absolute Gasteiger partial charge is 0.279 e. The topological polar surface area (TPSA) is 124 Å². The quantitative estimate of drug-likeness (QED) is 0.336. The molecule has 0 aromatic heterocycles. The lowest BCUT2D eigenvalue weighted by atomic mass is 10.0. The molecule has 0 radical (unpaired) electrons. The number of benzene rings is 1. The van der Waals surface area contributed by atoms with Crippen LogP contribution in [0.1, 0.15) is 22.0 Å². The van der Waals surface area contributed by atoms with Crippen molar-refractivity contribution in [3.63, 3.8) is 0 Å². The van der Waals surface area contributed by atoms with Gasteiger partial charge < -0.3 is 10.2 Å². The van der Waals surface area contributed by atoms with Gasteiger partial charge in [-0.2, -0.15) is 5.26 Å². The van der Waals surface area contributed by atoms with Gasteiger partial charge in [0.15, 0.2) is 12.4 Å². The number of aliphatic hydroxyl groups excluding tert-OH is 2. The molecule has 0 saturated carbocycles. The minimum Gasteiger partial charge on any atom is -0.385 e. The Morgan fingerprint density at radius 3 is 2.59 bits per heavy atom. The number of carbonyl (C=O) groups is 1. The lowest BCUT2D eigenvalue weighted by Gasteiger charge is -2.12. The molecule has 0 spiro atoms. The normalized spacial score (nSPS) is 13.5. The number of aldehydes is 1. The molecule has 0 heterocycles. The monoisotopic (exact) mass is 236 g/mol. The predicted octanol–water partition coefficient (Wildman–Crippen LogP) is 0.325. The number of nitrogens with zero attached hydrogens (tertiary/aromatic N) is 2. The zero-order chi connectivity index (χ0) is 13.0. The highest BCUT2D eigenvalue weighted by Gasteiger charge is 2.21. The molecule has 0 bridgehead atoms. The summed E-state index contributed by atoms with van der Waals surface area (Å²) in [5, 5.41) is 37.5. The molecule has 1 aromatic carbocycles. The van der Waals surface area contributed by atoms with Crippen molar-refractivity contribution < 1.29 is 19.9 Å². The first-order valence-corrected chi connectivity index (χ1v) is 4.50. The van der Waals surface area contributed by atoms with Crippen molar-refractivity contribution >= 4 is 12.0 Å². The second kappa shape index (κ2) is 5.16. The first kappa shape index (κ1) is 12.8. The largest absolute Gasteiger partial charge is 0.385 e. The van der Waals surface area contributed by atoms with Gasteiger partial charge in [-0.15, -0.1) is 0 Å². The Bertz CT molecular complexity index is 494. The van der Waals surface area contributed by atoms with Crippen LogP contribution in [-0.4, -0.2) is 27.5 Å². The summed E-state index contributed by atoms with van der Waals surface area (Å²) in [4.78, 5) is 20.4. The van der Waals surface area contributed by atoms with Gasteiger partial charge in [0.05, 0.1) is 16.6 Å². The van der Waals surface area contributed by atoms with Crippen LogP contribution in [0.15, 0.2) is 18.2 Å². The Morgan fingerprint density at radius 1 is 1.47 bits per heavy atom. The van der Waals surface area contributed by atoms with Crippen molar-refractivity contribution in [3.05, 3.63) is 39.4 Å². The number of hydrogen-bond donors (Lipinski definition) is 2. The summed E-state index contributed by atoms with van der Waals surface area (Å²) in [5.41, 5.74) is -0.564. The zero-order valence-electron chi connectivity index (χ0n) is 8.48. The fourth-order valence-electron chi connectivity index (χ4n) is 1.27. The zero-order valence-corrected chi connectivity index (χ0v) is 8.48. The number of nitriles is 1. The van der Waals surface area contributed by atoms with Crippen LogP contribution in [0.5, 0.6) is 0 Å². The van der Waals surface area contributed by atoms with E-state index in [2.05, 4.69) is 0 Å². The fraction of sp³-hybridized carbons (Fsp3) is 0.200. The standard InChI is InChI=1S/C10H8N2O5/c11-4-9(14)10(15)6-1-2-8(12(16)17)7(3-6)5-13/h1-3,5,9-10,14-15H. The number of nitro benzene ring substituents is 1. The van der Waals surface area contributed by atoms with Gasteiger partial charge in [0.1, 0.15) is 6.10 Å². The number of rotatable bonds is 4. The third-order valence-corrected chi connectivity index (χ3v) is 2.15. The number of aliphatic hydroxyl groups is 2. The highest BCUT2D eigenvalue weighted by atomic mass is 16.6. The van der Waals surface area contributed by atoms with E-state index < -0.39 is 22.8 Å². The maximum Gasteiger partial charge on any atom is 0.279 e. The van der Waals surface area contributed by atoms with E-state index in [1.807, 2.05) is 0 Å². The minimum absolute atomic E-state index is 0.0618. The summed E-state index contributed by atoms with van der Waals surface area (Å²) in [6.45, 7) is 0. The molecular formula is C10H8N2O5. The summed E-state index contributed by atoms with van der Waals surface area (Å²) in [6.07, 6.45) is -2.90. The van der Waals surface area contributed by atoms with Crippen molar-refractivity contribution in [2.45, 2.75) is 12.2 Å². The van der Waals surface area contributed by atoms with Gasteiger partial charge in [-0.3, -0.25) is 14.9 Å². The van der Waals surface area contributed by atoms with Crippen molar-refractivity contribution in [2.75, 3.05) is 0 Å². The van der Waals surface area contributed by atoms with Crippen molar-refractivity contribution in [2.24, 2.45) is 0 Å². The molecule has 0 fully saturated rings. The summed E-state index contributed by atoms with van der Waals surface area (Å²) in [7, 11) is 0. The SMILES string of the molecule is N#CC(O)C(O)c1ccc([N+](=O)[O-])c(C=O)c1. The van der Waals surface area contributed by atoms with Gasteiger partial charge >= 0.3 is 0 Å². The predicted molar refractivity (Wildman–Crippen MR) is 55.1 cm³/mol. The van der Waals surface area contributed by atoms with E-state index >= 15 is 0 Å². The molecule has 1 aromatic rings. The molecule has 0 saturated heterocycles. The number of hydrogen-bond acceptors (Lipinski definition) is 6. The van der Waals surface area contributed by atoms with Gasteiger partial charge in [-0.25, -0.2) is 0 Å². The highest BCUT2D eigenvalue weighted by molar-refractivity contribution is 5.81. The maximum atomic E-state index is 10.6. The first-order valence-electron chi connectivity index (χ1n) is 4.50. The molecule has 1 rings (SSSR count). The summed E-state index contributed by atoms with van der Waals surface area (Å²) in [5.74, 6) is 0. The Balaban J connectivity index is 3.19. The Hall–Kier alpha value is -2.30. The molecule has 0 amide bonds. The van der Waals surface area contributed by atoms with Crippen LogP contribution in [0.4, 0.5) is 5.69 Å². The summed E-state index contributed by atoms with van der Waals surface area (Å²) >= 11 is 0. The first-order chi connectivity index (χ1) is 8.01. The van der Waals surface area contributed by atoms with Crippen molar-refractivity contribution in [3.8, 4) is 6.07 Å². The maximum absolute atomic E-state index is 10.6. The molecule has 7 heteroatoms. The average Bonchev–Trinajstić information content (AvgIpc) is 2.35. The van der Waals surface area contributed by atoms with Crippen LogP contribution in [0.3, 0.4) is 0 Å². The van der Waals surface area contributed by atoms with E-state index in [1.165, 1.54) is 12.1 Å². The molecule has 7 nitrogen and oxygen atoms in total.